The predicted octanol–water partition coefficient (Wildman–Crippen LogP) is 3.70. The summed E-state index contributed by atoms with van der Waals surface area (Å²) >= 11 is 0. The van der Waals surface area contributed by atoms with Crippen LogP contribution in [-0.4, -0.2) is 40.7 Å². The lowest BCUT2D eigenvalue weighted by atomic mass is 9.98. The van der Waals surface area contributed by atoms with Crippen LogP contribution in [0.4, 0.5) is 4.79 Å². The highest BCUT2D eigenvalue weighted by molar-refractivity contribution is 5.86. The van der Waals surface area contributed by atoms with E-state index >= 15 is 0 Å². The number of amides is 2. The van der Waals surface area contributed by atoms with Gasteiger partial charge in [-0.25, -0.2) is 14.6 Å². The van der Waals surface area contributed by atoms with Gasteiger partial charge in [-0.1, -0.05) is 48.5 Å². The highest BCUT2D eigenvalue weighted by Gasteiger charge is 2.33. The summed E-state index contributed by atoms with van der Waals surface area (Å²) in [5.74, 6) is -1.63. The number of ether oxygens (including phenoxy) is 1. The van der Waals surface area contributed by atoms with Crippen molar-refractivity contribution in [3.8, 4) is 11.1 Å². The first-order valence-electron chi connectivity index (χ1n) is 11.6. The average molecular weight is 476 g/mol. The number of nitrogens with zero attached hydrogens (tertiary/aromatic N) is 1. The minimum absolute atomic E-state index is 0.0120. The summed E-state index contributed by atoms with van der Waals surface area (Å²) in [4.78, 5) is 39.8. The highest BCUT2D eigenvalue weighted by atomic mass is 16.5. The Morgan fingerprint density at radius 3 is 2.40 bits per heavy atom. The van der Waals surface area contributed by atoms with E-state index in [1.54, 1.807) is 0 Å². The number of aromatic nitrogens is 1. The molecule has 35 heavy (non-hydrogen) atoms. The van der Waals surface area contributed by atoms with Gasteiger partial charge >= 0.3 is 12.1 Å². The van der Waals surface area contributed by atoms with Crippen LogP contribution in [0.1, 0.15) is 52.6 Å². The quantitative estimate of drug-likeness (QED) is 0.475. The SMILES string of the molecule is O=C(N[C@H]1CC[C@@H](C(=O)NCc2ocnc2C(=O)O)C1)OCC1c2ccccc2-c2ccccc21. The molecule has 0 saturated heterocycles. The summed E-state index contributed by atoms with van der Waals surface area (Å²) in [7, 11) is 0. The van der Waals surface area contributed by atoms with Crippen LogP contribution in [0.25, 0.3) is 11.1 Å². The smallest absolute Gasteiger partial charge is 0.407 e. The molecule has 0 radical (unpaired) electrons. The van der Waals surface area contributed by atoms with Crippen LogP contribution in [0.15, 0.2) is 59.3 Å². The number of carboxylic acid groups (broad SMARTS) is 1. The molecule has 2 atom stereocenters. The van der Waals surface area contributed by atoms with E-state index in [-0.39, 0.29) is 48.4 Å². The largest absolute Gasteiger partial charge is 0.476 e. The highest BCUT2D eigenvalue weighted by Crippen LogP contribution is 2.44. The van der Waals surface area contributed by atoms with E-state index < -0.39 is 12.1 Å². The molecule has 1 heterocycles. The number of fused-ring (bicyclic) bond motifs is 3. The van der Waals surface area contributed by atoms with Gasteiger partial charge in [0.05, 0.1) is 6.54 Å². The molecule has 2 amide bonds. The lowest BCUT2D eigenvalue weighted by Gasteiger charge is -2.17. The van der Waals surface area contributed by atoms with Gasteiger partial charge in [0.1, 0.15) is 6.61 Å². The molecule has 1 saturated carbocycles. The van der Waals surface area contributed by atoms with Gasteiger partial charge in [-0.2, -0.15) is 0 Å². The summed E-state index contributed by atoms with van der Waals surface area (Å²) in [5, 5.41) is 14.7. The third-order valence-electron chi connectivity index (χ3n) is 6.74. The van der Waals surface area contributed by atoms with E-state index in [0.717, 1.165) is 17.5 Å². The molecule has 1 aromatic heterocycles. The Morgan fingerprint density at radius 1 is 1.03 bits per heavy atom. The molecule has 9 nitrogen and oxygen atoms in total. The Labute approximate surface area is 201 Å². The van der Waals surface area contributed by atoms with Crippen molar-refractivity contribution in [3.05, 3.63) is 77.5 Å². The number of rotatable bonds is 7. The first-order chi connectivity index (χ1) is 17.0. The Kier molecular flexibility index (Phi) is 6.22. The van der Waals surface area contributed by atoms with Crippen molar-refractivity contribution in [3.63, 3.8) is 0 Å². The van der Waals surface area contributed by atoms with Gasteiger partial charge in [-0.3, -0.25) is 4.79 Å². The fourth-order valence-corrected chi connectivity index (χ4v) is 5.04. The zero-order chi connectivity index (χ0) is 24.4. The molecule has 2 aliphatic carbocycles. The number of benzene rings is 2. The third kappa shape index (κ3) is 4.62. The van der Waals surface area contributed by atoms with Gasteiger partial charge in [-0.15, -0.1) is 0 Å². The summed E-state index contributed by atoms with van der Waals surface area (Å²) in [6.45, 7) is 0.182. The number of oxazole rings is 1. The fourth-order valence-electron chi connectivity index (χ4n) is 5.04. The Bertz CT molecular complexity index is 1220. The van der Waals surface area contributed by atoms with Crippen LogP contribution >= 0.6 is 0 Å². The molecule has 0 bridgehead atoms. The normalized spacial score (nSPS) is 18.5. The van der Waals surface area contributed by atoms with E-state index in [9.17, 15) is 14.4 Å². The zero-order valence-electron chi connectivity index (χ0n) is 18.9. The molecule has 2 aliphatic rings. The van der Waals surface area contributed by atoms with E-state index in [4.69, 9.17) is 14.3 Å². The van der Waals surface area contributed by atoms with E-state index in [1.165, 1.54) is 11.1 Å². The van der Waals surface area contributed by atoms with Crippen molar-refractivity contribution in [1.29, 1.82) is 0 Å². The second kappa shape index (κ2) is 9.61. The number of alkyl carbamates (subject to hydrolysis) is 1. The maximum Gasteiger partial charge on any atom is 0.407 e. The number of hydrogen-bond acceptors (Lipinski definition) is 6. The maximum atomic E-state index is 12.5. The van der Waals surface area contributed by atoms with Crippen molar-refractivity contribution in [2.24, 2.45) is 5.92 Å². The summed E-state index contributed by atoms with van der Waals surface area (Å²) < 4.78 is 10.6. The van der Waals surface area contributed by atoms with E-state index in [0.29, 0.717) is 19.3 Å². The molecule has 5 rings (SSSR count). The average Bonchev–Trinajstić information content (AvgIpc) is 3.59. The number of aromatic carboxylic acids is 1. The number of carboxylic acids is 1. The summed E-state index contributed by atoms with van der Waals surface area (Å²) in [5.41, 5.74) is 4.42. The van der Waals surface area contributed by atoms with Crippen molar-refractivity contribution in [2.75, 3.05) is 6.61 Å². The van der Waals surface area contributed by atoms with Crippen molar-refractivity contribution < 1.29 is 28.6 Å². The Morgan fingerprint density at radius 2 is 1.71 bits per heavy atom. The molecule has 180 valence electrons. The van der Waals surface area contributed by atoms with Crippen LogP contribution in [0.3, 0.4) is 0 Å². The number of carbonyl (C=O) groups excluding carboxylic acids is 2. The van der Waals surface area contributed by atoms with Gasteiger partial charge in [0.25, 0.3) is 0 Å². The number of carbonyl (C=O) groups is 3. The van der Waals surface area contributed by atoms with Crippen molar-refractivity contribution >= 4 is 18.0 Å². The Balaban J connectivity index is 1.11. The molecule has 9 heteroatoms. The second-order valence-electron chi connectivity index (χ2n) is 8.82. The lowest BCUT2D eigenvalue weighted by Crippen LogP contribution is -2.35. The van der Waals surface area contributed by atoms with Crippen LogP contribution in [0.5, 0.6) is 0 Å². The first kappa shape index (κ1) is 22.6. The van der Waals surface area contributed by atoms with Crippen LogP contribution in [-0.2, 0) is 16.1 Å². The molecule has 2 aromatic carbocycles. The van der Waals surface area contributed by atoms with Crippen LogP contribution in [0.2, 0.25) is 0 Å². The van der Waals surface area contributed by atoms with Crippen molar-refractivity contribution in [2.45, 2.75) is 37.8 Å². The topological polar surface area (TPSA) is 131 Å². The molecule has 3 N–H and O–H groups in total. The molecule has 1 fully saturated rings. The predicted molar refractivity (Wildman–Crippen MR) is 125 cm³/mol. The third-order valence-corrected chi connectivity index (χ3v) is 6.74. The van der Waals surface area contributed by atoms with Gasteiger partial charge in [0.2, 0.25) is 5.91 Å². The van der Waals surface area contributed by atoms with Gasteiger partial charge in [-0.05, 0) is 41.5 Å². The molecule has 0 aliphatic heterocycles. The summed E-state index contributed by atoms with van der Waals surface area (Å²) in [6, 6.07) is 16.1. The van der Waals surface area contributed by atoms with Crippen molar-refractivity contribution in [1.82, 2.24) is 15.6 Å². The van der Waals surface area contributed by atoms with E-state index in [2.05, 4.69) is 39.9 Å². The first-order valence-corrected chi connectivity index (χ1v) is 11.6. The molecular weight excluding hydrogens is 450 g/mol. The minimum Gasteiger partial charge on any atom is -0.476 e. The number of hydrogen-bond donors (Lipinski definition) is 3. The fraction of sp³-hybridized carbons (Fsp3) is 0.308. The van der Waals surface area contributed by atoms with E-state index in [1.807, 2.05) is 24.3 Å². The maximum absolute atomic E-state index is 12.5. The zero-order valence-corrected chi connectivity index (χ0v) is 18.9. The van der Waals surface area contributed by atoms with Crippen LogP contribution in [0, 0.1) is 5.92 Å². The number of nitrogens with one attached hydrogen (secondary N) is 2. The summed E-state index contributed by atoms with van der Waals surface area (Å²) in [6.07, 6.45) is 2.30. The van der Waals surface area contributed by atoms with Gasteiger partial charge < -0.3 is 24.9 Å². The lowest BCUT2D eigenvalue weighted by molar-refractivity contribution is -0.125. The van der Waals surface area contributed by atoms with Gasteiger partial charge in [0, 0.05) is 17.9 Å². The van der Waals surface area contributed by atoms with Crippen LogP contribution < -0.4 is 10.6 Å². The molecular formula is C26H25N3O6. The second-order valence-corrected chi connectivity index (χ2v) is 8.82. The molecule has 0 unspecified atom stereocenters. The van der Waals surface area contributed by atoms with Gasteiger partial charge in [0.15, 0.2) is 17.8 Å². The molecule has 3 aromatic rings. The monoisotopic (exact) mass is 475 g/mol. The molecule has 0 spiro atoms. The Hall–Kier alpha value is -4.14. The minimum atomic E-state index is -1.21. The standard InChI is InChI=1S/C26H25N3O6/c30-24(27-12-22-23(25(31)32)28-14-35-22)15-9-10-16(11-15)29-26(33)34-13-21-19-7-3-1-5-17(19)18-6-2-4-8-20(18)21/h1-8,14-16,21H,9-13H2,(H,27,30)(H,29,33)(H,31,32)/t15-,16+/m1/s1.